The predicted octanol–water partition coefficient (Wildman–Crippen LogP) is -0.724. The molecule has 1 unspecified atom stereocenters. The first-order valence-corrected chi connectivity index (χ1v) is 6.18. The maximum atomic E-state index is 11.6. The average molecular weight is 253 g/mol. The van der Waals surface area contributed by atoms with Crippen LogP contribution < -0.4 is 10.6 Å². The normalized spacial score (nSPS) is 18.5. The molecule has 1 aliphatic heterocycles. The number of aliphatic hydroxyl groups is 1. The maximum absolute atomic E-state index is 11.6. The SMILES string of the molecule is O=C(NCC(O)CN1CCNCC1)c1ccco1. The predicted molar refractivity (Wildman–Crippen MR) is 66.4 cm³/mol. The fraction of sp³-hybridized carbons (Fsp3) is 0.583. The highest BCUT2D eigenvalue weighted by molar-refractivity contribution is 5.91. The molecule has 1 atom stereocenters. The molecule has 2 rings (SSSR count). The Bertz CT molecular complexity index is 361. The van der Waals surface area contributed by atoms with Gasteiger partial charge in [-0.1, -0.05) is 0 Å². The van der Waals surface area contributed by atoms with E-state index < -0.39 is 6.10 Å². The minimum atomic E-state index is -0.554. The molecule has 0 radical (unpaired) electrons. The first-order valence-electron chi connectivity index (χ1n) is 6.18. The minimum Gasteiger partial charge on any atom is -0.459 e. The molecule has 1 aromatic heterocycles. The van der Waals surface area contributed by atoms with Gasteiger partial charge in [-0.05, 0) is 12.1 Å². The largest absolute Gasteiger partial charge is 0.459 e. The summed E-state index contributed by atoms with van der Waals surface area (Å²) in [6.45, 7) is 4.59. The van der Waals surface area contributed by atoms with Crippen LogP contribution in [-0.2, 0) is 0 Å². The van der Waals surface area contributed by atoms with E-state index in [1.54, 1.807) is 12.1 Å². The Balaban J connectivity index is 1.68. The summed E-state index contributed by atoms with van der Waals surface area (Å²) in [6, 6.07) is 3.25. The number of carbonyl (C=O) groups excluding carboxylic acids is 1. The van der Waals surface area contributed by atoms with Crippen LogP contribution >= 0.6 is 0 Å². The van der Waals surface area contributed by atoms with Crippen molar-refractivity contribution in [3.05, 3.63) is 24.2 Å². The lowest BCUT2D eigenvalue weighted by Crippen LogP contribution is -2.48. The number of rotatable bonds is 5. The van der Waals surface area contributed by atoms with E-state index in [1.165, 1.54) is 6.26 Å². The molecule has 6 heteroatoms. The van der Waals surface area contributed by atoms with Crippen LogP contribution in [0.1, 0.15) is 10.6 Å². The molecule has 1 saturated heterocycles. The Labute approximate surface area is 106 Å². The molecule has 1 aliphatic rings. The van der Waals surface area contributed by atoms with Crippen LogP contribution in [0.4, 0.5) is 0 Å². The quantitative estimate of drug-likeness (QED) is 0.645. The molecule has 100 valence electrons. The number of piperazine rings is 1. The zero-order valence-electron chi connectivity index (χ0n) is 10.3. The lowest BCUT2D eigenvalue weighted by Gasteiger charge is -2.29. The van der Waals surface area contributed by atoms with Gasteiger partial charge in [0.25, 0.3) is 5.91 Å². The van der Waals surface area contributed by atoms with E-state index in [-0.39, 0.29) is 18.2 Å². The Kier molecular flexibility index (Phi) is 4.74. The lowest BCUT2D eigenvalue weighted by molar-refractivity contribution is 0.0821. The van der Waals surface area contributed by atoms with Gasteiger partial charge >= 0.3 is 0 Å². The highest BCUT2D eigenvalue weighted by Crippen LogP contribution is 1.99. The van der Waals surface area contributed by atoms with Crippen LogP contribution in [0.3, 0.4) is 0 Å². The summed E-state index contributed by atoms with van der Waals surface area (Å²) in [4.78, 5) is 13.7. The third-order valence-electron chi connectivity index (χ3n) is 2.92. The van der Waals surface area contributed by atoms with Crippen molar-refractivity contribution in [1.29, 1.82) is 0 Å². The molecule has 1 aromatic rings. The Hall–Kier alpha value is -1.37. The van der Waals surface area contributed by atoms with Gasteiger partial charge < -0.3 is 20.2 Å². The van der Waals surface area contributed by atoms with Gasteiger partial charge in [-0.15, -0.1) is 0 Å². The number of aliphatic hydroxyl groups excluding tert-OH is 1. The van der Waals surface area contributed by atoms with Crippen molar-refractivity contribution >= 4 is 5.91 Å². The number of amides is 1. The number of carbonyl (C=O) groups is 1. The van der Waals surface area contributed by atoms with E-state index in [4.69, 9.17) is 4.42 Å². The number of nitrogens with one attached hydrogen (secondary N) is 2. The topological polar surface area (TPSA) is 77.7 Å². The van der Waals surface area contributed by atoms with Gasteiger partial charge in [0, 0.05) is 39.3 Å². The van der Waals surface area contributed by atoms with Crippen molar-refractivity contribution in [1.82, 2.24) is 15.5 Å². The fourth-order valence-corrected chi connectivity index (χ4v) is 1.96. The van der Waals surface area contributed by atoms with Crippen molar-refractivity contribution in [2.75, 3.05) is 39.3 Å². The molecule has 6 nitrogen and oxygen atoms in total. The van der Waals surface area contributed by atoms with Crippen molar-refractivity contribution in [2.45, 2.75) is 6.10 Å². The summed E-state index contributed by atoms with van der Waals surface area (Å²) in [5, 5.41) is 15.7. The smallest absolute Gasteiger partial charge is 0.287 e. The summed E-state index contributed by atoms with van der Waals surface area (Å²) < 4.78 is 4.97. The molecule has 1 amide bonds. The summed E-state index contributed by atoms with van der Waals surface area (Å²) in [5.74, 6) is -0.0243. The van der Waals surface area contributed by atoms with Crippen molar-refractivity contribution in [2.24, 2.45) is 0 Å². The molecule has 0 bridgehead atoms. The third kappa shape index (κ3) is 3.83. The van der Waals surface area contributed by atoms with E-state index in [9.17, 15) is 9.90 Å². The molecule has 18 heavy (non-hydrogen) atoms. The average Bonchev–Trinajstić information content (AvgIpc) is 2.91. The van der Waals surface area contributed by atoms with Gasteiger partial charge in [-0.25, -0.2) is 0 Å². The lowest BCUT2D eigenvalue weighted by atomic mass is 10.2. The van der Waals surface area contributed by atoms with Gasteiger partial charge in [0.15, 0.2) is 5.76 Å². The van der Waals surface area contributed by atoms with Gasteiger partial charge in [-0.3, -0.25) is 9.69 Å². The van der Waals surface area contributed by atoms with Crippen LogP contribution in [-0.4, -0.2) is 61.3 Å². The molecule has 0 saturated carbocycles. The van der Waals surface area contributed by atoms with E-state index in [0.29, 0.717) is 6.54 Å². The van der Waals surface area contributed by atoms with E-state index >= 15 is 0 Å². The molecule has 0 spiro atoms. The van der Waals surface area contributed by atoms with Gasteiger partial charge in [-0.2, -0.15) is 0 Å². The molecule has 0 aliphatic carbocycles. The van der Waals surface area contributed by atoms with Crippen LogP contribution in [0, 0.1) is 0 Å². The first-order chi connectivity index (χ1) is 8.75. The number of nitrogens with zero attached hydrogens (tertiary/aromatic N) is 1. The van der Waals surface area contributed by atoms with Gasteiger partial charge in [0.05, 0.1) is 12.4 Å². The van der Waals surface area contributed by atoms with Gasteiger partial charge in [0.1, 0.15) is 0 Å². The number of β-amino-alcohol motifs (C(OH)–C–C–N with tert-alkyl or cyclic N) is 1. The highest BCUT2D eigenvalue weighted by atomic mass is 16.3. The highest BCUT2D eigenvalue weighted by Gasteiger charge is 2.15. The Morgan fingerprint density at radius 2 is 2.33 bits per heavy atom. The molecule has 3 N–H and O–H groups in total. The number of furan rings is 1. The molecular formula is C12H19N3O3. The summed E-state index contributed by atoms with van der Waals surface area (Å²) in [7, 11) is 0. The number of hydrogen-bond acceptors (Lipinski definition) is 5. The monoisotopic (exact) mass is 253 g/mol. The Morgan fingerprint density at radius 1 is 1.56 bits per heavy atom. The fourth-order valence-electron chi connectivity index (χ4n) is 1.96. The standard InChI is InChI=1S/C12H19N3O3/c16-10(9-15-5-3-13-4-6-15)8-14-12(17)11-2-1-7-18-11/h1-2,7,10,13,16H,3-6,8-9H2,(H,14,17). The molecular weight excluding hydrogens is 234 g/mol. The second kappa shape index (κ2) is 6.53. The van der Waals surface area contributed by atoms with E-state index in [1.807, 2.05) is 0 Å². The van der Waals surface area contributed by atoms with Crippen LogP contribution in [0.25, 0.3) is 0 Å². The van der Waals surface area contributed by atoms with E-state index in [0.717, 1.165) is 26.2 Å². The zero-order chi connectivity index (χ0) is 12.8. The van der Waals surface area contributed by atoms with Crippen LogP contribution in [0.2, 0.25) is 0 Å². The zero-order valence-corrected chi connectivity index (χ0v) is 10.3. The maximum Gasteiger partial charge on any atom is 0.287 e. The first kappa shape index (κ1) is 13.1. The second-order valence-electron chi connectivity index (χ2n) is 4.39. The van der Waals surface area contributed by atoms with Crippen molar-refractivity contribution in [3.8, 4) is 0 Å². The molecule has 0 aromatic carbocycles. The summed E-state index contributed by atoms with van der Waals surface area (Å²) in [5.41, 5.74) is 0. The third-order valence-corrected chi connectivity index (χ3v) is 2.92. The van der Waals surface area contributed by atoms with Crippen LogP contribution in [0.15, 0.2) is 22.8 Å². The Morgan fingerprint density at radius 3 is 3.00 bits per heavy atom. The number of hydrogen-bond donors (Lipinski definition) is 3. The van der Waals surface area contributed by atoms with Crippen molar-refractivity contribution < 1.29 is 14.3 Å². The molecule has 2 heterocycles. The second-order valence-corrected chi connectivity index (χ2v) is 4.39. The summed E-state index contributed by atoms with van der Waals surface area (Å²) >= 11 is 0. The van der Waals surface area contributed by atoms with Crippen LogP contribution in [0.5, 0.6) is 0 Å². The van der Waals surface area contributed by atoms with E-state index in [2.05, 4.69) is 15.5 Å². The van der Waals surface area contributed by atoms with Gasteiger partial charge in [0.2, 0.25) is 0 Å². The molecule has 1 fully saturated rings. The van der Waals surface area contributed by atoms with Crippen molar-refractivity contribution in [3.63, 3.8) is 0 Å². The minimum absolute atomic E-state index is 0.240. The summed E-state index contributed by atoms with van der Waals surface area (Å²) in [6.07, 6.45) is 0.897.